The quantitative estimate of drug-likeness (QED) is 0.521. The Hall–Kier alpha value is -2.68. The number of pyridine rings is 1. The standard InChI is InChI=1S/C21H18N2O/c24-20-15-9-3-2-8-14(15)19-18(20)16-10-4-5-11-17(16)22-21(19)23-12-6-1-7-13-23/h2-5,8-11H,1,6-7,12-13H2. The lowest BCUT2D eigenvalue weighted by Crippen LogP contribution is -2.30. The van der Waals surface area contributed by atoms with Crippen LogP contribution in [0.2, 0.25) is 0 Å². The zero-order valence-electron chi connectivity index (χ0n) is 13.5. The van der Waals surface area contributed by atoms with E-state index in [1.807, 2.05) is 42.5 Å². The van der Waals surface area contributed by atoms with Crippen molar-refractivity contribution in [3.63, 3.8) is 0 Å². The molecule has 1 fully saturated rings. The highest BCUT2D eigenvalue weighted by atomic mass is 16.1. The van der Waals surface area contributed by atoms with Crippen LogP contribution in [0.15, 0.2) is 48.5 Å². The van der Waals surface area contributed by atoms with Crippen LogP contribution in [0.5, 0.6) is 0 Å². The lowest BCUT2D eigenvalue weighted by molar-refractivity contribution is 0.104. The van der Waals surface area contributed by atoms with Gasteiger partial charge in [-0.25, -0.2) is 4.98 Å². The number of para-hydroxylation sites is 1. The molecule has 0 saturated carbocycles. The average Bonchev–Trinajstić information content (AvgIpc) is 2.96. The summed E-state index contributed by atoms with van der Waals surface area (Å²) in [5, 5.41) is 0.967. The summed E-state index contributed by atoms with van der Waals surface area (Å²) < 4.78 is 0. The number of piperidine rings is 1. The van der Waals surface area contributed by atoms with Gasteiger partial charge in [0.05, 0.1) is 5.52 Å². The summed E-state index contributed by atoms with van der Waals surface area (Å²) >= 11 is 0. The number of hydrogen-bond donors (Lipinski definition) is 0. The first-order chi connectivity index (χ1) is 11.8. The van der Waals surface area contributed by atoms with Crippen LogP contribution in [0.25, 0.3) is 22.0 Å². The minimum atomic E-state index is 0.137. The van der Waals surface area contributed by atoms with Crippen LogP contribution in [-0.2, 0) is 0 Å². The molecule has 3 heteroatoms. The van der Waals surface area contributed by atoms with Gasteiger partial charge in [0.15, 0.2) is 5.78 Å². The number of fused-ring (bicyclic) bond motifs is 5. The van der Waals surface area contributed by atoms with Crippen LogP contribution in [0, 0.1) is 0 Å². The molecule has 2 aliphatic rings. The summed E-state index contributed by atoms with van der Waals surface area (Å²) in [5.41, 5.74) is 4.64. The number of rotatable bonds is 1. The molecular weight excluding hydrogens is 296 g/mol. The Morgan fingerprint density at radius 1 is 0.792 bits per heavy atom. The molecule has 3 nitrogen and oxygen atoms in total. The monoisotopic (exact) mass is 314 g/mol. The summed E-state index contributed by atoms with van der Waals surface area (Å²) in [6.07, 6.45) is 3.67. The number of nitrogens with zero attached hydrogens (tertiary/aromatic N) is 2. The maximum atomic E-state index is 13.1. The van der Waals surface area contributed by atoms with Crippen LogP contribution < -0.4 is 4.90 Å². The lowest BCUT2D eigenvalue weighted by Gasteiger charge is -2.30. The molecule has 1 aliphatic carbocycles. The molecular formula is C21H18N2O. The normalized spacial score (nSPS) is 16.3. The van der Waals surface area contributed by atoms with Gasteiger partial charge in [-0.1, -0.05) is 42.5 Å². The molecule has 0 bridgehead atoms. The molecule has 1 aliphatic heterocycles. The fraction of sp³-hybridized carbons (Fsp3) is 0.238. The number of ketones is 1. The minimum Gasteiger partial charge on any atom is -0.356 e. The molecule has 24 heavy (non-hydrogen) atoms. The first-order valence-electron chi connectivity index (χ1n) is 8.66. The van der Waals surface area contributed by atoms with Gasteiger partial charge in [-0.2, -0.15) is 0 Å². The van der Waals surface area contributed by atoms with Gasteiger partial charge < -0.3 is 4.90 Å². The molecule has 0 atom stereocenters. The topological polar surface area (TPSA) is 33.2 Å². The average molecular weight is 314 g/mol. The molecule has 1 aromatic heterocycles. The summed E-state index contributed by atoms with van der Waals surface area (Å²) in [6, 6.07) is 16.0. The summed E-state index contributed by atoms with van der Waals surface area (Å²) in [7, 11) is 0. The summed E-state index contributed by atoms with van der Waals surface area (Å²) in [5.74, 6) is 1.12. The number of carbonyl (C=O) groups excluding carboxylic acids is 1. The van der Waals surface area contributed by atoms with Crippen molar-refractivity contribution in [2.75, 3.05) is 18.0 Å². The number of aromatic nitrogens is 1. The zero-order chi connectivity index (χ0) is 16.1. The number of anilines is 1. The van der Waals surface area contributed by atoms with E-state index in [2.05, 4.69) is 11.0 Å². The van der Waals surface area contributed by atoms with Gasteiger partial charge in [-0.3, -0.25) is 4.79 Å². The fourth-order valence-electron chi connectivity index (χ4n) is 4.06. The number of carbonyl (C=O) groups is 1. The molecule has 0 radical (unpaired) electrons. The van der Waals surface area contributed by atoms with Crippen molar-refractivity contribution in [1.82, 2.24) is 4.98 Å². The molecule has 0 unspecified atom stereocenters. The van der Waals surface area contributed by atoms with Crippen LogP contribution in [0.4, 0.5) is 5.82 Å². The van der Waals surface area contributed by atoms with E-state index in [1.54, 1.807) is 0 Å². The summed E-state index contributed by atoms with van der Waals surface area (Å²) in [4.78, 5) is 20.4. The number of hydrogen-bond acceptors (Lipinski definition) is 3. The molecule has 118 valence electrons. The third-order valence-corrected chi connectivity index (χ3v) is 5.20. The number of benzene rings is 2. The Morgan fingerprint density at radius 3 is 2.33 bits per heavy atom. The fourth-order valence-corrected chi connectivity index (χ4v) is 4.06. The van der Waals surface area contributed by atoms with Gasteiger partial charge in [-0.15, -0.1) is 0 Å². The second-order valence-corrected chi connectivity index (χ2v) is 6.62. The van der Waals surface area contributed by atoms with Gasteiger partial charge in [0.25, 0.3) is 0 Å². The first kappa shape index (κ1) is 13.7. The molecule has 3 aromatic rings. The van der Waals surface area contributed by atoms with Crippen LogP contribution in [-0.4, -0.2) is 23.9 Å². The molecule has 5 rings (SSSR count). The predicted molar refractivity (Wildman–Crippen MR) is 96.7 cm³/mol. The van der Waals surface area contributed by atoms with Crippen LogP contribution in [0.3, 0.4) is 0 Å². The maximum absolute atomic E-state index is 13.1. The first-order valence-corrected chi connectivity index (χ1v) is 8.66. The smallest absolute Gasteiger partial charge is 0.195 e. The van der Waals surface area contributed by atoms with E-state index >= 15 is 0 Å². The van der Waals surface area contributed by atoms with Crippen molar-refractivity contribution >= 4 is 22.5 Å². The van der Waals surface area contributed by atoms with Crippen molar-refractivity contribution in [1.29, 1.82) is 0 Å². The Morgan fingerprint density at radius 2 is 1.50 bits per heavy atom. The highest BCUT2D eigenvalue weighted by Gasteiger charge is 2.33. The molecule has 1 saturated heterocycles. The van der Waals surface area contributed by atoms with Crippen LogP contribution in [0.1, 0.15) is 35.2 Å². The second kappa shape index (κ2) is 5.17. The zero-order valence-corrected chi connectivity index (χ0v) is 13.5. The predicted octanol–water partition coefficient (Wildman–Crippen LogP) is 4.44. The van der Waals surface area contributed by atoms with E-state index in [-0.39, 0.29) is 5.78 Å². The SMILES string of the molecule is O=C1c2ccccc2-c2c(N3CCCCC3)nc3ccccc3c21. The second-order valence-electron chi connectivity index (χ2n) is 6.62. The van der Waals surface area contributed by atoms with Crippen molar-refractivity contribution in [2.45, 2.75) is 19.3 Å². The van der Waals surface area contributed by atoms with Crippen molar-refractivity contribution in [2.24, 2.45) is 0 Å². The Kier molecular flexibility index (Phi) is 2.96. The Balaban J connectivity index is 1.86. The third kappa shape index (κ3) is 1.84. The van der Waals surface area contributed by atoms with Crippen molar-refractivity contribution in [3.8, 4) is 11.1 Å². The van der Waals surface area contributed by atoms with E-state index in [9.17, 15) is 4.79 Å². The highest BCUT2D eigenvalue weighted by Crippen LogP contribution is 2.45. The van der Waals surface area contributed by atoms with E-state index in [4.69, 9.17) is 4.98 Å². The largest absolute Gasteiger partial charge is 0.356 e. The van der Waals surface area contributed by atoms with Gasteiger partial charge in [0.1, 0.15) is 5.82 Å². The van der Waals surface area contributed by atoms with E-state index in [0.29, 0.717) is 0 Å². The Labute approximate surface area is 140 Å². The molecule has 2 heterocycles. The van der Waals surface area contributed by atoms with Crippen LogP contribution >= 0.6 is 0 Å². The van der Waals surface area contributed by atoms with Gasteiger partial charge in [0.2, 0.25) is 0 Å². The van der Waals surface area contributed by atoms with E-state index in [1.165, 1.54) is 19.3 Å². The third-order valence-electron chi connectivity index (χ3n) is 5.20. The lowest BCUT2D eigenvalue weighted by atomic mass is 10.0. The highest BCUT2D eigenvalue weighted by molar-refractivity contribution is 6.28. The van der Waals surface area contributed by atoms with E-state index < -0.39 is 0 Å². The summed E-state index contributed by atoms with van der Waals surface area (Å²) in [6.45, 7) is 2.04. The van der Waals surface area contributed by atoms with Gasteiger partial charge in [-0.05, 0) is 30.9 Å². The minimum absolute atomic E-state index is 0.137. The Bertz CT molecular complexity index is 971. The van der Waals surface area contributed by atoms with Gasteiger partial charge in [0, 0.05) is 35.2 Å². The van der Waals surface area contributed by atoms with Crippen molar-refractivity contribution < 1.29 is 4.79 Å². The van der Waals surface area contributed by atoms with Crippen molar-refractivity contribution in [3.05, 3.63) is 59.7 Å². The molecule has 0 N–H and O–H groups in total. The molecule has 2 aromatic carbocycles. The van der Waals surface area contributed by atoms with E-state index in [0.717, 1.165) is 52.1 Å². The molecule has 0 amide bonds. The maximum Gasteiger partial charge on any atom is 0.195 e. The molecule has 0 spiro atoms. The van der Waals surface area contributed by atoms with Gasteiger partial charge >= 0.3 is 0 Å².